The minimum atomic E-state index is -0.746. The highest BCUT2D eigenvalue weighted by molar-refractivity contribution is 6.04. The minimum absolute atomic E-state index is 0.197. The molecule has 1 unspecified atom stereocenters. The zero-order valence-corrected chi connectivity index (χ0v) is 14.4. The van der Waals surface area contributed by atoms with Crippen molar-refractivity contribution in [3.05, 3.63) is 29.3 Å². The molecule has 0 aliphatic carbocycles. The van der Waals surface area contributed by atoms with Gasteiger partial charge in [-0.25, -0.2) is 14.2 Å². The predicted molar refractivity (Wildman–Crippen MR) is 90.7 cm³/mol. The van der Waals surface area contributed by atoms with Crippen molar-refractivity contribution in [1.29, 1.82) is 0 Å². The molecule has 5 nitrogen and oxygen atoms in total. The van der Waals surface area contributed by atoms with Crippen LogP contribution < -0.4 is 10.2 Å². The third kappa shape index (κ3) is 4.34. The summed E-state index contributed by atoms with van der Waals surface area (Å²) in [5, 5.41) is 3.86. The lowest BCUT2D eigenvalue weighted by Gasteiger charge is -2.20. The highest BCUT2D eigenvalue weighted by atomic mass is 19.1. The van der Waals surface area contributed by atoms with Crippen LogP contribution in [0.5, 0.6) is 5.75 Å². The van der Waals surface area contributed by atoms with Gasteiger partial charge < -0.3 is 9.64 Å². The monoisotopic (exact) mass is 351 g/mol. The Morgan fingerprint density at radius 1 is 1.32 bits per heavy atom. The third-order valence-corrected chi connectivity index (χ3v) is 4.76. The summed E-state index contributed by atoms with van der Waals surface area (Å²) < 4.78 is 33.8. The van der Waals surface area contributed by atoms with Crippen LogP contribution in [-0.4, -0.2) is 42.3 Å². The second kappa shape index (κ2) is 7.91. The van der Waals surface area contributed by atoms with Crippen LogP contribution in [0.1, 0.15) is 44.6 Å². The number of nitrogens with zero attached hydrogens (tertiary/aromatic N) is 2. The van der Waals surface area contributed by atoms with Crippen molar-refractivity contribution in [2.45, 2.75) is 45.1 Å². The molecule has 0 radical (unpaired) electrons. The van der Waals surface area contributed by atoms with Gasteiger partial charge in [-0.3, -0.25) is 4.79 Å². The van der Waals surface area contributed by atoms with Gasteiger partial charge in [0.25, 0.3) is 0 Å². The number of hydrogen-bond acceptors (Lipinski definition) is 4. The van der Waals surface area contributed by atoms with Gasteiger partial charge in [-0.1, -0.05) is 0 Å². The zero-order valence-electron chi connectivity index (χ0n) is 14.4. The summed E-state index contributed by atoms with van der Waals surface area (Å²) in [5.74, 6) is -2.04. The lowest BCUT2D eigenvalue weighted by molar-refractivity contribution is -0.121. The fourth-order valence-corrected chi connectivity index (χ4v) is 3.31. The van der Waals surface area contributed by atoms with Crippen LogP contribution in [0.25, 0.3) is 0 Å². The van der Waals surface area contributed by atoms with Gasteiger partial charge in [-0.2, -0.15) is 5.10 Å². The summed E-state index contributed by atoms with van der Waals surface area (Å²) in [5.41, 5.74) is 3.12. The molecular formula is C18H23F2N3O2. The molecule has 2 aliphatic rings. The number of carbonyl (C=O) groups excluding carboxylic acids is 1. The van der Waals surface area contributed by atoms with Crippen molar-refractivity contribution in [1.82, 2.24) is 10.3 Å². The Kier molecular flexibility index (Phi) is 5.63. The van der Waals surface area contributed by atoms with Gasteiger partial charge in [0.2, 0.25) is 5.91 Å². The summed E-state index contributed by atoms with van der Waals surface area (Å²) in [4.78, 5) is 13.5. The molecule has 136 valence electrons. The van der Waals surface area contributed by atoms with Gasteiger partial charge >= 0.3 is 0 Å². The van der Waals surface area contributed by atoms with Crippen LogP contribution >= 0.6 is 0 Å². The minimum Gasteiger partial charge on any atom is -0.488 e. The number of halogens is 2. The Hall–Kier alpha value is -2.02. The maximum atomic E-state index is 14.2. The summed E-state index contributed by atoms with van der Waals surface area (Å²) in [6.45, 7) is 4.42. The fourth-order valence-electron chi connectivity index (χ4n) is 3.31. The van der Waals surface area contributed by atoms with Gasteiger partial charge in [0.15, 0.2) is 17.4 Å². The Morgan fingerprint density at radius 2 is 2.08 bits per heavy atom. The van der Waals surface area contributed by atoms with Gasteiger partial charge in [0, 0.05) is 31.0 Å². The number of ether oxygens (including phenoxy) is 1. The molecule has 1 amide bonds. The van der Waals surface area contributed by atoms with Crippen molar-refractivity contribution in [3.63, 3.8) is 0 Å². The second-order valence-electron chi connectivity index (χ2n) is 6.59. The first kappa shape index (κ1) is 17.8. The summed E-state index contributed by atoms with van der Waals surface area (Å²) >= 11 is 0. The molecule has 1 aromatic carbocycles. The van der Waals surface area contributed by atoms with E-state index < -0.39 is 11.6 Å². The Balaban J connectivity index is 1.58. The maximum Gasteiger partial charge on any atom is 0.240 e. The topological polar surface area (TPSA) is 53.9 Å². The number of nitrogens with one attached hydrogen (secondary N) is 1. The van der Waals surface area contributed by atoms with E-state index in [4.69, 9.17) is 4.74 Å². The Bertz CT molecular complexity index is 655. The van der Waals surface area contributed by atoms with E-state index in [1.165, 1.54) is 25.0 Å². The van der Waals surface area contributed by atoms with Crippen LogP contribution in [0.15, 0.2) is 17.2 Å². The molecule has 0 spiro atoms. The normalized spacial score (nSPS) is 21.2. The predicted octanol–water partition coefficient (Wildman–Crippen LogP) is 2.83. The van der Waals surface area contributed by atoms with Crippen LogP contribution in [0.3, 0.4) is 0 Å². The highest BCUT2D eigenvalue weighted by Gasteiger charge is 2.20. The number of likely N-dealkylation sites (tertiary alicyclic amines) is 1. The molecule has 7 heteroatoms. The van der Waals surface area contributed by atoms with Gasteiger partial charge in [-0.05, 0) is 44.9 Å². The average Bonchev–Trinajstić information content (AvgIpc) is 2.99. The standard InChI is InChI=1S/C18H23F2N3O2/c1-12-4-2-7-23(12)8-3-9-25-18-14(19)10-13(11-15(18)20)16-5-6-17(24)22-21-16/h10-12H,2-9H2,1H3,(H,22,24). The quantitative estimate of drug-likeness (QED) is 0.802. The van der Waals surface area contributed by atoms with E-state index in [1.54, 1.807) is 0 Å². The molecule has 0 aromatic heterocycles. The number of rotatable bonds is 6. The van der Waals surface area contributed by atoms with E-state index in [1.807, 2.05) is 0 Å². The SMILES string of the molecule is CC1CCCN1CCCOc1c(F)cc(C2=NNC(=O)CC2)cc1F. The van der Waals surface area contributed by atoms with E-state index in [0.717, 1.165) is 19.5 Å². The molecule has 2 aliphatic heterocycles. The van der Waals surface area contributed by atoms with E-state index in [0.29, 0.717) is 23.7 Å². The van der Waals surface area contributed by atoms with E-state index >= 15 is 0 Å². The van der Waals surface area contributed by atoms with Crippen LogP contribution in [0.4, 0.5) is 8.78 Å². The van der Waals surface area contributed by atoms with E-state index in [-0.39, 0.29) is 24.7 Å². The molecule has 1 atom stereocenters. The molecule has 3 rings (SSSR count). The van der Waals surface area contributed by atoms with Crippen molar-refractivity contribution in [2.75, 3.05) is 19.7 Å². The molecule has 0 bridgehead atoms. The number of carbonyl (C=O) groups is 1. The van der Waals surface area contributed by atoms with Crippen LogP contribution in [0.2, 0.25) is 0 Å². The molecular weight excluding hydrogens is 328 g/mol. The molecule has 25 heavy (non-hydrogen) atoms. The number of hydrazone groups is 1. The molecule has 1 aromatic rings. The number of benzene rings is 1. The van der Waals surface area contributed by atoms with Gasteiger partial charge in [0.1, 0.15) is 0 Å². The van der Waals surface area contributed by atoms with Crippen molar-refractivity contribution >= 4 is 11.6 Å². The molecule has 1 fully saturated rings. The van der Waals surface area contributed by atoms with Crippen LogP contribution in [-0.2, 0) is 4.79 Å². The second-order valence-corrected chi connectivity index (χ2v) is 6.59. The largest absolute Gasteiger partial charge is 0.488 e. The first-order valence-electron chi connectivity index (χ1n) is 8.76. The van der Waals surface area contributed by atoms with Gasteiger partial charge in [-0.15, -0.1) is 0 Å². The van der Waals surface area contributed by atoms with Crippen molar-refractivity contribution < 1.29 is 18.3 Å². The number of amides is 1. The van der Waals surface area contributed by atoms with E-state index in [2.05, 4.69) is 22.4 Å². The maximum absolute atomic E-state index is 14.2. The summed E-state index contributed by atoms with van der Waals surface area (Å²) in [7, 11) is 0. The summed E-state index contributed by atoms with van der Waals surface area (Å²) in [6.07, 6.45) is 3.75. The first-order chi connectivity index (χ1) is 12.0. The highest BCUT2D eigenvalue weighted by Crippen LogP contribution is 2.25. The lowest BCUT2D eigenvalue weighted by Crippen LogP contribution is -2.28. The van der Waals surface area contributed by atoms with Gasteiger partial charge in [0.05, 0.1) is 12.3 Å². The summed E-state index contributed by atoms with van der Waals surface area (Å²) in [6, 6.07) is 2.98. The fraction of sp³-hybridized carbons (Fsp3) is 0.556. The molecule has 0 saturated carbocycles. The zero-order chi connectivity index (χ0) is 17.8. The number of hydrogen-bond donors (Lipinski definition) is 1. The van der Waals surface area contributed by atoms with E-state index in [9.17, 15) is 13.6 Å². The lowest BCUT2D eigenvalue weighted by atomic mass is 10.0. The Morgan fingerprint density at radius 3 is 2.68 bits per heavy atom. The van der Waals surface area contributed by atoms with Crippen molar-refractivity contribution in [3.8, 4) is 5.75 Å². The van der Waals surface area contributed by atoms with Crippen LogP contribution in [0, 0.1) is 11.6 Å². The Labute approximate surface area is 146 Å². The molecule has 2 heterocycles. The first-order valence-corrected chi connectivity index (χ1v) is 8.76. The smallest absolute Gasteiger partial charge is 0.240 e. The van der Waals surface area contributed by atoms with Crippen molar-refractivity contribution in [2.24, 2.45) is 5.10 Å². The average molecular weight is 351 g/mol. The molecule has 1 saturated heterocycles. The molecule has 1 N–H and O–H groups in total. The third-order valence-electron chi connectivity index (χ3n) is 4.76.